The lowest BCUT2D eigenvalue weighted by atomic mass is 10.1. The molecule has 12 heteroatoms. The normalized spacial score (nSPS) is 23.9. The van der Waals surface area contributed by atoms with Crippen molar-refractivity contribution in [2.24, 2.45) is 0 Å². The van der Waals surface area contributed by atoms with Crippen LogP contribution in [-0.4, -0.2) is 57.7 Å². The Morgan fingerprint density at radius 1 is 1.06 bits per heavy atom. The summed E-state index contributed by atoms with van der Waals surface area (Å²) in [5.41, 5.74) is -0.550. The van der Waals surface area contributed by atoms with Crippen LogP contribution in [0.25, 0.3) is 0 Å². The Bertz CT molecular complexity index is 987. The fraction of sp³-hybridized carbons (Fsp3) is 0.783. The van der Waals surface area contributed by atoms with Crippen LogP contribution in [0.4, 0.5) is 10.6 Å². The number of halogens is 1. The molecule has 1 aliphatic rings. The van der Waals surface area contributed by atoms with Crippen LogP contribution >= 0.6 is 22.6 Å². The van der Waals surface area contributed by atoms with E-state index in [1.807, 2.05) is 29.5 Å². The van der Waals surface area contributed by atoms with Crippen molar-refractivity contribution >= 4 is 51.1 Å². The predicted molar refractivity (Wildman–Crippen MR) is 151 cm³/mol. The number of nitrogens with one attached hydrogen (secondary N) is 1. The second kappa shape index (κ2) is 10.5. The molecule has 1 aromatic heterocycles. The molecule has 0 unspecified atom stereocenters. The van der Waals surface area contributed by atoms with Gasteiger partial charge in [-0.15, -0.1) is 0 Å². The highest BCUT2D eigenvalue weighted by molar-refractivity contribution is 14.1. The molecule has 2 heterocycles. The molecular formula is C23H42IN3O6Si2. The third-order valence-corrected chi connectivity index (χ3v) is 17.2. The molecule has 0 saturated carbocycles. The molecule has 0 aliphatic carbocycles. The number of ether oxygens (including phenoxy) is 2. The van der Waals surface area contributed by atoms with E-state index in [1.54, 1.807) is 6.20 Å². The largest absolute Gasteiger partial charge is 0.453 e. The molecule has 1 N–H and O–H groups in total. The topological polar surface area (TPSA) is 101 Å². The number of rotatable bonds is 6. The van der Waals surface area contributed by atoms with Crippen molar-refractivity contribution in [3.63, 3.8) is 0 Å². The van der Waals surface area contributed by atoms with E-state index in [2.05, 4.69) is 82.8 Å². The minimum atomic E-state index is -2.26. The average molecular weight is 640 g/mol. The monoisotopic (exact) mass is 639 g/mol. The highest BCUT2D eigenvalue weighted by Gasteiger charge is 2.53. The lowest BCUT2D eigenvalue weighted by Gasteiger charge is -2.44. The zero-order valence-corrected chi connectivity index (χ0v) is 27.3. The average Bonchev–Trinajstić information content (AvgIpc) is 2.97. The third kappa shape index (κ3) is 6.75. The van der Waals surface area contributed by atoms with E-state index in [0.717, 1.165) is 0 Å². The highest BCUT2D eigenvalue weighted by Crippen LogP contribution is 2.45. The molecule has 1 aliphatic heterocycles. The maximum absolute atomic E-state index is 13.1. The Morgan fingerprint density at radius 2 is 1.54 bits per heavy atom. The predicted octanol–water partition coefficient (Wildman–Crippen LogP) is 5.72. The van der Waals surface area contributed by atoms with Gasteiger partial charge in [-0.3, -0.25) is 9.88 Å². The van der Waals surface area contributed by atoms with Crippen LogP contribution in [0.2, 0.25) is 36.3 Å². The number of carbonyl (C=O) groups is 1. The zero-order valence-electron chi connectivity index (χ0n) is 23.1. The summed E-state index contributed by atoms with van der Waals surface area (Å²) in [5.74, 6) is 0.140. The van der Waals surface area contributed by atoms with E-state index in [1.165, 1.54) is 11.7 Å². The maximum atomic E-state index is 13.1. The van der Waals surface area contributed by atoms with Crippen molar-refractivity contribution in [2.45, 2.75) is 109 Å². The maximum Gasteiger partial charge on any atom is 0.412 e. The number of nitrogens with zero attached hydrogens (tertiary/aromatic N) is 2. The van der Waals surface area contributed by atoms with Crippen molar-refractivity contribution in [3.8, 4) is 0 Å². The first kappa shape index (κ1) is 30.4. The Hall–Kier alpha value is -0.806. The van der Waals surface area contributed by atoms with Crippen LogP contribution in [0.3, 0.4) is 0 Å². The van der Waals surface area contributed by atoms with Crippen LogP contribution in [0, 0.1) is 3.57 Å². The van der Waals surface area contributed by atoms with Crippen molar-refractivity contribution in [3.05, 3.63) is 20.3 Å². The van der Waals surface area contributed by atoms with Crippen molar-refractivity contribution < 1.29 is 23.1 Å². The molecule has 0 aromatic carbocycles. The van der Waals surface area contributed by atoms with E-state index in [0.29, 0.717) is 3.57 Å². The first-order chi connectivity index (χ1) is 15.7. The Morgan fingerprint density at radius 3 is 2.00 bits per heavy atom. The number of amides is 1. The molecule has 35 heavy (non-hydrogen) atoms. The van der Waals surface area contributed by atoms with Gasteiger partial charge in [0, 0.05) is 6.20 Å². The number of carbonyl (C=O) groups excluding carboxylic acids is 1. The lowest BCUT2D eigenvalue weighted by molar-refractivity contribution is -0.0311. The van der Waals surface area contributed by atoms with Gasteiger partial charge < -0.3 is 18.3 Å². The van der Waals surface area contributed by atoms with Crippen molar-refractivity contribution in [2.75, 3.05) is 12.4 Å². The van der Waals surface area contributed by atoms with Gasteiger partial charge >= 0.3 is 11.8 Å². The first-order valence-electron chi connectivity index (χ1n) is 11.9. The second-order valence-corrected chi connectivity index (χ2v) is 22.8. The van der Waals surface area contributed by atoms with Gasteiger partial charge in [-0.05, 0) is 65.8 Å². The van der Waals surface area contributed by atoms with Gasteiger partial charge in [0.15, 0.2) is 28.7 Å². The zero-order chi connectivity index (χ0) is 27.1. The summed E-state index contributed by atoms with van der Waals surface area (Å²) >= 11 is 2.03. The summed E-state index contributed by atoms with van der Waals surface area (Å²) in [6.45, 7) is 23.9. The number of hydrogen-bond donors (Lipinski definition) is 1. The molecule has 1 aromatic rings. The second-order valence-electron chi connectivity index (χ2n) is 12.2. The molecule has 4 atom stereocenters. The van der Waals surface area contributed by atoms with Gasteiger partial charge in [-0.2, -0.15) is 4.98 Å². The fourth-order valence-corrected chi connectivity index (χ4v) is 6.41. The van der Waals surface area contributed by atoms with Gasteiger partial charge in [0.2, 0.25) is 0 Å². The number of hydrogen-bond acceptors (Lipinski definition) is 7. The molecule has 9 nitrogen and oxygen atoms in total. The summed E-state index contributed by atoms with van der Waals surface area (Å²) in [6.07, 6.45) is -0.895. The van der Waals surface area contributed by atoms with E-state index >= 15 is 0 Å². The minimum Gasteiger partial charge on any atom is -0.453 e. The Kier molecular flexibility index (Phi) is 9.14. The van der Waals surface area contributed by atoms with Crippen LogP contribution in [0.1, 0.15) is 54.7 Å². The SMILES string of the molecule is COC(=O)Nc1nc(=O)n([C@@H]2O[C@H](C)[C@@H](O[Si](C)(C)C(C)(C)C)[C@H]2O[Si](C)(C)C(C)(C)C)cc1I. The van der Waals surface area contributed by atoms with E-state index in [-0.39, 0.29) is 28.1 Å². The fourth-order valence-electron chi connectivity index (χ4n) is 3.21. The Balaban J connectivity index is 2.56. The van der Waals surface area contributed by atoms with E-state index in [9.17, 15) is 9.59 Å². The van der Waals surface area contributed by atoms with Crippen LogP contribution in [0.5, 0.6) is 0 Å². The molecule has 1 amide bonds. The Labute approximate surface area is 225 Å². The van der Waals surface area contributed by atoms with Crippen LogP contribution in [0.15, 0.2) is 11.0 Å². The smallest absolute Gasteiger partial charge is 0.412 e. The third-order valence-electron chi connectivity index (χ3n) is 7.48. The van der Waals surface area contributed by atoms with Crippen molar-refractivity contribution in [1.29, 1.82) is 0 Å². The summed E-state index contributed by atoms with van der Waals surface area (Å²) in [5, 5.41) is 2.43. The molecule has 0 spiro atoms. The summed E-state index contributed by atoms with van der Waals surface area (Å²) in [7, 11) is -3.18. The van der Waals surface area contributed by atoms with E-state index in [4.69, 9.17) is 13.6 Å². The van der Waals surface area contributed by atoms with Gasteiger partial charge in [0.25, 0.3) is 0 Å². The molecule has 1 fully saturated rings. The van der Waals surface area contributed by atoms with Gasteiger partial charge in [-0.25, -0.2) is 9.59 Å². The van der Waals surface area contributed by atoms with Gasteiger partial charge in [0.05, 0.1) is 16.8 Å². The molecule has 1 saturated heterocycles. The summed E-state index contributed by atoms with van der Waals surface area (Å²) in [4.78, 5) is 28.8. The number of methoxy groups -OCH3 is 1. The molecular weight excluding hydrogens is 597 g/mol. The first-order valence-corrected chi connectivity index (χ1v) is 18.8. The van der Waals surface area contributed by atoms with E-state index < -0.39 is 40.7 Å². The minimum absolute atomic E-state index is 0.00130. The summed E-state index contributed by atoms with van der Waals surface area (Å²) < 4.78 is 26.8. The van der Waals surface area contributed by atoms with Gasteiger partial charge in [0.1, 0.15) is 12.2 Å². The standard InChI is InChI=1S/C23H42IN3O6Si2/c1-14-16(32-34(9,10)22(2,3)4)17(33-35(11,12)23(5,6)7)19(31-14)27-13-15(24)18(25-20(27)28)26-21(29)30-8/h13-14,16-17,19H,1-12H3,(H,25,26,28,29)/t14-,16-,17-,19-/m1/s1. The lowest BCUT2D eigenvalue weighted by Crippen LogP contribution is -2.53. The molecule has 200 valence electrons. The van der Waals surface area contributed by atoms with Gasteiger partial charge in [-0.1, -0.05) is 41.5 Å². The number of anilines is 1. The number of aromatic nitrogens is 2. The summed E-state index contributed by atoms with van der Waals surface area (Å²) in [6, 6.07) is 0. The van der Waals surface area contributed by atoms with Crippen molar-refractivity contribution in [1.82, 2.24) is 9.55 Å². The molecule has 2 rings (SSSR count). The van der Waals surface area contributed by atoms with Crippen LogP contribution in [-0.2, 0) is 18.3 Å². The van der Waals surface area contributed by atoms with Crippen LogP contribution < -0.4 is 11.0 Å². The highest BCUT2D eigenvalue weighted by atomic mass is 127. The quantitative estimate of drug-likeness (QED) is 0.314. The molecule has 0 radical (unpaired) electrons. The molecule has 0 bridgehead atoms.